The lowest BCUT2D eigenvalue weighted by molar-refractivity contribution is 0.851. The average Bonchev–Trinajstić information content (AvgIpc) is 2.46. The highest BCUT2D eigenvalue weighted by Crippen LogP contribution is 2.14. The monoisotopic (exact) mass is 192 g/mol. The highest BCUT2D eigenvalue weighted by atomic mass is 32.1. The molecule has 1 aromatic heterocycles. The number of fused-ring (bicyclic) bond motifs is 1. The first kappa shape index (κ1) is 8.12. The van der Waals surface area contributed by atoms with Gasteiger partial charge in [-0.25, -0.2) is 0 Å². The van der Waals surface area contributed by atoms with Crippen molar-refractivity contribution in [3.8, 4) is 0 Å². The Kier molecular flexibility index (Phi) is 1.94. The minimum Gasteiger partial charge on any atom is -0.318 e. The van der Waals surface area contributed by atoms with Crippen molar-refractivity contribution in [2.75, 3.05) is 0 Å². The number of hydrogen-bond acceptors (Lipinski definition) is 3. The maximum atomic E-state index is 6.66. The van der Waals surface area contributed by atoms with Gasteiger partial charge in [0.05, 0.1) is 10.2 Å². The fourth-order valence-electron chi connectivity index (χ4n) is 1.22. The van der Waals surface area contributed by atoms with E-state index in [9.17, 15) is 0 Å². The smallest absolute Gasteiger partial charge is 0.213 e. The Balaban J connectivity index is 2.89. The normalized spacial score (nSPS) is 12.2. The van der Waals surface area contributed by atoms with Crippen molar-refractivity contribution in [2.24, 2.45) is 17.4 Å². The number of aromatic nitrogens is 1. The van der Waals surface area contributed by atoms with E-state index < -0.39 is 0 Å². The predicted octanol–water partition coefficient (Wildman–Crippen LogP) is 2.09. The molecule has 0 saturated heterocycles. The summed E-state index contributed by atoms with van der Waals surface area (Å²) in [5.74, 6) is 0. The van der Waals surface area contributed by atoms with Crippen molar-refractivity contribution in [1.29, 1.82) is 5.53 Å². The quantitative estimate of drug-likeness (QED) is 0.531. The van der Waals surface area contributed by atoms with Crippen LogP contribution in [-0.4, -0.2) is 4.57 Å². The maximum Gasteiger partial charge on any atom is 0.213 e. The second-order valence-electron chi connectivity index (χ2n) is 2.61. The Bertz CT molecular complexity index is 508. The molecule has 5 heteroatoms. The van der Waals surface area contributed by atoms with Crippen molar-refractivity contribution in [1.82, 2.24) is 4.57 Å². The van der Waals surface area contributed by atoms with E-state index in [2.05, 4.69) is 10.3 Å². The van der Waals surface area contributed by atoms with E-state index in [4.69, 9.17) is 5.53 Å². The first-order chi connectivity index (χ1) is 6.33. The van der Waals surface area contributed by atoms with E-state index in [-0.39, 0.29) is 0 Å². The maximum absolute atomic E-state index is 6.66. The van der Waals surface area contributed by atoms with Crippen LogP contribution in [-0.2, 0) is 7.05 Å². The summed E-state index contributed by atoms with van der Waals surface area (Å²) in [6.45, 7) is 0. The zero-order valence-corrected chi connectivity index (χ0v) is 7.88. The zero-order valence-electron chi connectivity index (χ0n) is 7.06. The van der Waals surface area contributed by atoms with Crippen molar-refractivity contribution >= 4 is 21.6 Å². The van der Waals surface area contributed by atoms with Gasteiger partial charge in [0.2, 0.25) is 4.80 Å². The van der Waals surface area contributed by atoms with E-state index in [1.165, 1.54) is 11.3 Å². The van der Waals surface area contributed by atoms with Crippen LogP contribution in [0.2, 0.25) is 0 Å². The molecule has 4 nitrogen and oxygen atoms in total. The van der Waals surface area contributed by atoms with Gasteiger partial charge in [-0.2, -0.15) is 5.53 Å². The van der Waals surface area contributed by atoms with Crippen LogP contribution in [0.5, 0.6) is 0 Å². The Hall–Kier alpha value is -1.49. The zero-order chi connectivity index (χ0) is 9.26. The fourth-order valence-corrected chi connectivity index (χ4v) is 2.19. The highest BCUT2D eigenvalue weighted by molar-refractivity contribution is 7.16. The summed E-state index contributed by atoms with van der Waals surface area (Å²) < 4.78 is 3.09. The lowest BCUT2D eigenvalue weighted by atomic mass is 10.3. The van der Waals surface area contributed by atoms with Gasteiger partial charge < -0.3 is 4.57 Å². The van der Waals surface area contributed by atoms with Crippen LogP contribution in [0.15, 0.2) is 34.6 Å². The van der Waals surface area contributed by atoms with E-state index in [1.807, 2.05) is 35.9 Å². The topological polar surface area (TPSA) is 53.5 Å². The SMILES string of the molecule is Cn1/c(=N\N=N)sc2ccccc21. The van der Waals surface area contributed by atoms with E-state index in [0.717, 1.165) is 15.0 Å². The first-order valence-corrected chi connectivity index (χ1v) is 4.59. The molecule has 0 atom stereocenters. The van der Waals surface area contributed by atoms with Gasteiger partial charge >= 0.3 is 0 Å². The molecule has 0 unspecified atom stereocenters. The standard InChI is InChI=1S/C8H8N4S/c1-12-6-4-2-3-5-7(6)13-8(12)10-11-9/h2-5,9H,1H3/b10-8+,11-9?. The third-order valence-electron chi connectivity index (χ3n) is 1.85. The van der Waals surface area contributed by atoms with Crippen molar-refractivity contribution in [3.63, 3.8) is 0 Å². The van der Waals surface area contributed by atoms with Gasteiger partial charge in [0.1, 0.15) is 0 Å². The number of thiazole rings is 1. The third kappa shape index (κ3) is 1.27. The number of benzene rings is 1. The number of aryl methyl sites for hydroxylation is 1. The molecule has 0 amide bonds. The van der Waals surface area contributed by atoms with Gasteiger partial charge in [0.15, 0.2) is 0 Å². The van der Waals surface area contributed by atoms with Crippen molar-refractivity contribution in [2.45, 2.75) is 0 Å². The summed E-state index contributed by atoms with van der Waals surface area (Å²) in [6, 6.07) is 8.02. The number of para-hydroxylation sites is 1. The summed E-state index contributed by atoms with van der Waals surface area (Å²) >= 11 is 1.53. The summed E-state index contributed by atoms with van der Waals surface area (Å²) in [4.78, 5) is 0.746. The molecule has 0 fully saturated rings. The molecule has 0 aliphatic carbocycles. The Morgan fingerprint density at radius 3 is 2.85 bits per heavy atom. The van der Waals surface area contributed by atoms with Crippen LogP contribution in [0.3, 0.4) is 0 Å². The van der Waals surface area contributed by atoms with E-state index in [0.29, 0.717) is 0 Å². The number of nitrogens with zero attached hydrogens (tertiary/aromatic N) is 3. The molecule has 1 N–H and O–H groups in total. The summed E-state index contributed by atoms with van der Waals surface area (Å²) in [7, 11) is 1.92. The summed E-state index contributed by atoms with van der Waals surface area (Å²) in [5.41, 5.74) is 7.78. The average molecular weight is 192 g/mol. The molecule has 0 spiro atoms. The van der Waals surface area contributed by atoms with Gasteiger partial charge in [-0.15, -0.1) is 5.10 Å². The molecule has 0 saturated carbocycles. The Labute approximate surface area is 78.7 Å². The largest absolute Gasteiger partial charge is 0.318 e. The molecule has 66 valence electrons. The molecule has 13 heavy (non-hydrogen) atoms. The minimum atomic E-state index is 0.746. The molecular weight excluding hydrogens is 184 g/mol. The second kappa shape index (κ2) is 3.10. The van der Waals surface area contributed by atoms with Crippen LogP contribution in [0.4, 0.5) is 0 Å². The molecule has 1 heterocycles. The van der Waals surface area contributed by atoms with Crippen LogP contribution in [0, 0.1) is 5.53 Å². The van der Waals surface area contributed by atoms with Crippen molar-refractivity contribution < 1.29 is 0 Å². The van der Waals surface area contributed by atoms with E-state index >= 15 is 0 Å². The molecule has 0 radical (unpaired) electrons. The molecule has 1 aromatic carbocycles. The molecular formula is C8H8N4S. The molecule has 2 rings (SSSR count). The number of rotatable bonds is 1. The fraction of sp³-hybridized carbons (Fsp3) is 0.125. The first-order valence-electron chi connectivity index (χ1n) is 3.78. The van der Waals surface area contributed by atoms with Crippen LogP contribution >= 0.6 is 11.3 Å². The van der Waals surface area contributed by atoms with Gasteiger partial charge in [-0.1, -0.05) is 23.5 Å². The van der Waals surface area contributed by atoms with Crippen molar-refractivity contribution in [3.05, 3.63) is 29.1 Å². The second-order valence-corrected chi connectivity index (χ2v) is 3.62. The lowest BCUT2D eigenvalue weighted by Crippen LogP contribution is -2.08. The number of nitrogens with one attached hydrogen (secondary N) is 1. The van der Waals surface area contributed by atoms with Gasteiger partial charge in [-0.05, 0) is 17.4 Å². The molecule has 0 aliphatic rings. The number of hydrogen-bond donors (Lipinski definition) is 1. The van der Waals surface area contributed by atoms with Crippen LogP contribution < -0.4 is 4.80 Å². The molecule has 2 aromatic rings. The summed E-state index contributed by atoms with van der Waals surface area (Å²) in [5, 5.41) is 6.74. The Morgan fingerprint density at radius 2 is 2.15 bits per heavy atom. The summed E-state index contributed by atoms with van der Waals surface area (Å²) in [6.07, 6.45) is 0. The Morgan fingerprint density at radius 1 is 1.38 bits per heavy atom. The van der Waals surface area contributed by atoms with Gasteiger partial charge in [0, 0.05) is 7.05 Å². The molecule has 0 bridgehead atoms. The lowest BCUT2D eigenvalue weighted by Gasteiger charge is -1.91. The minimum absolute atomic E-state index is 0.746. The van der Waals surface area contributed by atoms with E-state index in [1.54, 1.807) is 0 Å². The predicted molar refractivity (Wildman–Crippen MR) is 51.5 cm³/mol. The van der Waals surface area contributed by atoms with Crippen LogP contribution in [0.25, 0.3) is 10.2 Å². The van der Waals surface area contributed by atoms with Crippen LogP contribution in [0.1, 0.15) is 0 Å². The van der Waals surface area contributed by atoms with Gasteiger partial charge in [0.25, 0.3) is 0 Å². The third-order valence-corrected chi connectivity index (χ3v) is 2.95. The molecule has 0 aliphatic heterocycles. The van der Waals surface area contributed by atoms with Gasteiger partial charge in [-0.3, -0.25) is 0 Å². The highest BCUT2D eigenvalue weighted by Gasteiger charge is 1.99.